The summed E-state index contributed by atoms with van der Waals surface area (Å²) in [7, 11) is -3.57. The van der Waals surface area contributed by atoms with Crippen molar-refractivity contribution in [2.75, 3.05) is 0 Å². The van der Waals surface area contributed by atoms with Gasteiger partial charge in [-0.1, -0.05) is 43.4 Å². The molecule has 2 rings (SSSR count). The molecule has 0 aliphatic heterocycles. The molecule has 0 bridgehead atoms. The summed E-state index contributed by atoms with van der Waals surface area (Å²) in [5, 5.41) is 9.49. The minimum Gasteiger partial charge on any atom is -0.222 e. The van der Waals surface area contributed by atoms with Crippen LogP contribution in [0.15, 0.2) is 29.2 Å². The van der Waals surface area contributed by atoms with Gasteiger partial charge in [-0.15, -0.1) is 0 Å². The fourth-order valence-corrected chi connectivity index (χ4v) is 4.58. The van der Waals surface area contributed by atoms with E-state index in [0.717, 1.165) is 31.2 Å². The molecular formula is C15H19NO2S. The second-order valence-electron chi connectivity index (χ2n) is 5.34. The van der Waals surface area contributed by atoms with Crippen molar-refractivity contribution in [1.82, 2.24) is 0 Å². The van der Waals surface area contributed by atoms with E-state index in [-0.39, 0.29) is 4.90 Å². The molecule has 0 unspecified atom stereocenters. The summed E-state index contributed by atoms with van der Waals surface area (Å²) in [5.41, 5.74) is 1.02. The largest absolute Gasteiger partial charge is 0.222 e. The van der Waals surface area contributed by atoms with Gasteiger partial charge in [-0.3, -0.25) is 0 Å². The van der Waals surface area contributed by atoms with Gasteiger partial charge in [0.25, 0.3) is 0 Å². The predicted molar refractivity (Wildman–Crippen MR) is 74.4 cm³/mol. The van der Waals surface area contributed by atoms with E-state index in [0.29, 0.717) is 12.8 Å². The standard InChI is InChI=1S/C15H19NO2S/c1-13-6-8-14(9-7-13)19(17,18)15(12-16)10-4-2-3-5-11-15/h6-9H,2-5,10-11H2,1H3. The molecule has 1 saturated carbocycles. The van der Waals surface area contributed by atoms with Crippen LogP contribution >= 0.6 is 0 Å². The molecule has 102 valence electrons. The number of sulfone groups is 1. The van der Waals surface area contributed by atoms with Gasteiger partial charge in [0.15, 0.2) is 14.6 Å². The first-order valence-corrected chi connectivity index (χ1v) is 8.23. The lowest BCUT2D eigenvalue weighted by molar-refractivity contribution is 0.523. The summed E-state index contributed by atoms with van der Waals surface area (Å²) in [4.78, 5) is 0.279. The van der Waals surface area contributed by atoms with Gasteiger partial charge in [0.05, 0.1) is 11.0 Å². The molecule has 0 atom stereocenters. The molecule has 0 spiro atoms. The van der Waals surface area contributed by atoms with E-state index in [1.165, 1.54) is 0 Å². The SMILES string of the molecule is Cc1ccc(S(=O)(=O)C2(C#N)CCCCCC2)cc1. The first-order valence-electron chi connectivity index (χ1n) is 6.74. The highest BCUT2D eigenvalue weighted by Gasteiger charge is 2.44. The van der Waals surface area contributed by atoms with Crippen LogP contribution in [0.5, 0.6) is 0 Å². The maximum Gasteiger partial charge on any atom is 0.197 e. The number of rotatable bonds is 2. The maximum absolute atomic E-state index is 12.8. The van der Waals surface area contributed by atoms with Gasteiger partial charge in [0, 0.05) is 0 Å². The maximum atomic E-state index is 12.8. The van der Waals surface area contributed by atoms with Crippen molar-refractivity contribution < 1.29 is 8.42 Å². The van der Waals surface area contributed by atoms with E-state index in [1.54, 1.807) is 24.3 Å². The molecule has 1 aliphatic rings. The molecule has 1 aromatic carbocycles. The summed E-state index contributed by atoms with van der Waals surface area (Å²) in [6.07, 6.45) is 4.59. The van der Waals surface area contributed by atoms with Gasteiger partial charge < -0.3 is 0 Å². The zero-order valence-electron chi connectivity index (χ0n) is 11.2. The van der Waals surface area contributed by atoms with Crippen LogP contribution in [-0.4, -0.2) is 13.2 Å². The Kier molecular flexibility index (Phi) is 3.96. The fourth-order valence-electron chi connectivity index (χ4n) is 2.68. The molecule has 0 saturated heterocycles. The highest BCUT2D eigenvalue weighted by Crippen LogP contribution is 2.37. The first-order chi connectivity index (χ1) is 9.02. The lowest BCUT2D eigenvalue weighted by Gasteiger charge is -2.24. The van der Waals surface area contributed by atoms with E-state index in [2.05, 4.69) is 6.07 Å². The highest BCUT2D eigenvalue weighted by molar-refractivity contribution is 7.93. The van der Waals surface area contributed by atoms with Crippen molar-refractivity contribution >= 4 is 9.84 Å². The number of nitrogens with zero attached hydrogens (tertiary/aromatic N) is 1. The quantitative estimate of drug-likeness (QED) is 0.779. The Morgan fingerprint density at radius 2 is 1.58 bits per heavy atom. The fraction of sp³-hybridized carbons (Fsp3) is 0.533. The van der Waals surface area contributed by atoms with Crippen LogP contribution in [0, 0.1) is 18.3 Å². The molecule has 4 heteroatoms. The summed E-state index contributed by atoms with van der Waals surface area (Å²) < 4.78 is 24.3. The van der Waals surface area contributed by atoms with Gasteiger partial charge >= 0.3 is 0 Å². The van der Waals surface area contributed by atoms with Gasteiger partial charge in [-0.2, -0.15) is 5.26 Å². The Morgan fingerprint density at radius 3 is 2.05 bits per heavy atom. The van der Waals surface area contributed by atoms with Gasteiger partial charge in [0.2, 0.25) is 0 Å². The molecule has 0 N–H and O–H groups in total. The van der Waals surface area contributed by atoms with E-state index < -0.39 is 14.6 Å². The molecule has 3 nitrogen and oxygen atoms in total. The Morgan fingerprint density at radius 1 is 1.05 bits per heavy atom. The molecule has 1 aromatic rings. The lowest BCUT2D eigenvalue weighted by atomic mass is 10.0. The average molecular weight is 277 g/mol. The van der Waals surface area contributed by atoms with E-state index in [4.69, 9.17) is 0 Å². The highest BCUT2D eigenvalue weighted by atomic mass is 32.2. The van der Waals surface area contributed by atoms with Crippen LogP contribution in [-0.2, 0) is 9.84 Å². The number of benzene rings is 1. The molecule has 1 fully saturated rings. The van der Waals surface area contributed by atoms with Crippen molar-refractivity contribution in [3.05, 3.63) is 29.8 Å². The topological polar surface area (TPSA) is 57.9 Å². The van der Waals surface area contributed by atoms with Crippen LogP contribution in [0.3, 0.4) is 0 Å². The van der Waals surface area contributed by atoms with Gasteiger partial charge in [0.1, 0.15) is 0 Å². The summed E-state index contributed by atoms with van der Waals surface area (Å²) in [6.45, 7) is 1.92. The Bertz CT molecular complexity index is 574. The molecule has 0 aromatic heterocycles. The molecule has 1 aliphatic carbocycles. The lowest BCUT2D eigenvalue weighted by Crippen LogP contribution is -2.36. The van der Waals surface area contributed by atoms with E-state index >= 15 is 0 Å². The Labute approximate surface area is 115 Å². The Balaban J connectivity index is 2.46. The van der Waals surface area contributed by atoms with Crippen molar-refractivity contribution in [2.24, 2.45) is 0 Å². The third-order valence-electron chi connectivity index (χ3n) is 3.96. The van der Waals surface area contributed by atoms with Crippen molar-refractivity contribution in [3.63, 3.8) is 0 Å². The summed E-state index contributed by atoms with van der Waals surface area (Å²) in [5.74, 6) is 0. The van der Waals surface area contributed by atoms with Crippen LogP contribution in [0.2, 0.25) is 0 Å². The predicted octanol–water partition coefficient (Wildman–Crippen LogP) is 3.39. The monoisotopic (exact) mass is 277 g/mol. The third kappa shape index (κ3) is 2.52. The smallest absolute Gasteiger partial charge is 0.197 e. The first kappa shape index (κ1) is 14.1. The zero-order chi connectivity index (χ0) is 13.9. The molecule has 0 radical (unpaired) electrons. The van der Waals surface area contributed by atoms with E-state index in [1.807, 2.05) is 6.92 Å². The minimum atomic E-state index is -3.57. The van der Waals surface area contributed by atoms with Gasteiger partial charge in [-0.25, -0.2) is 8.42 Å². The van der Waals surface area contributed by atoms with E-state index in [9.17, 15) is 13.7 Å². The Hall–Kier alpha value is -1.34. The molecule has 0 amide bonds. The minimum absolute atomic E-state index is 0.279. The number of hydrogen-bond donors (Lipinski definition) is 0. The molecule has 0 heterocycles. The van der Waals surface area contributed by atoms with Crippen LogP contribution < -0.4 is 0 Å². The number of nitriles is 1. The molecule has 19 heavy (non-hydrogen) atoms. The summed E-state index contributed by atoms with van der Waals surface area (Å²) >= 11 is 0. The van der Waals surface area contributed by atoms with Gasteiger partial charge in [-0.05, 0) is 31.9 Å². The van der Waals surface area contributed by atoms with Crippen molar-refractivity contribution in [3.8, 4) is 6.07 Å². The van der Waals surface area contributed by atoms with Crippen LogP contribution in [0.4, 0.5) is 0 Å². The number of aryl methyl sites for hydroxylation is 1. The second-order valence-corrected chi connectivity index (χ2v) is 7.60. The van der Waals surface area contributed by atoms with Crippen molar-refractivity contribution in [2.45, 2.75) is 55.1 Å². The number of hydrogen-bond acceptors (Lipinski definition) is 3. The van der Waals surface area contributed by atoms with Crippen molar-refractivity contribution in [1.29, 1.82) is 5.26 Å². The van der Waals surface area contributed by atoms with Crippen LogP contribution in [0.1, 0.15) is 44.1 Å². The third-order valence-corrected chi connectivity index (χ3v) is 6.38. The second kappa shape index (κ2) is 5.34. The normalized spacial score (nSPS) is 19.4. The van der Waals surface area contributed by atoms with Crippen LogP contribution in [0.25, 0.3) is 0 Å². The summed E-state index contributed by atoms with van der Waals surface area (Å²) in [6, 6.07) is 8.93. The average Bonchev–Trinajstić information content (AvgIpc) is 2.65. The molecular weight excluding hydrogens is 258 g/mol. The zero-order valence-corrected chi connectivity index (χ0v) is 12.0.